The lowest BCUT2D eigenvalue weighted by Crippen LogP contribution is -1.92. The molecule has 1 heterocycles. The minimum atomic E-state index is 0.528. The molecule has 0 aliphatic rings. The number of ether oxygens (including phenoxy) is 1. The van der Waals surface area contributed by atoms with Gasteiger partial charge in [-0.1, -0.05) is 37.6 Å². The van der Waals surface area contributed by atoms with Gasteiger partial charge in [-0.3, -0.25) is 4.98 Å². The normalized spacial score (nSPS) is 11.1. The Morgan fingerprint density at radius 2 is 1.64 bits per heavy atom. The van der Waals surface area contributed by atoms with Crippen molar-refractivity contribution in [3.05, 3.63) is 65.4 Å². The summed E-state index contributed by atoms with van der Waals surface area (Å²) in [7, 11) is 0. The van der Waals surface area contributed by atoms with E-state index in [0.29, 0.717) is 5.92 Å². The number of hydrogen-bond acceptors (Lipinski definition) is 2. The number of pyridine rings is 1. The van der Waals surface area contributed by atoms with Crippen molar-refractivity contribution in [2.75, 3.05) is 0 Å². The molecule has 0 bridgehead atoms. The molecule has 3 rings (SSSR count). The Labute approximate surface area is 131 Å². The van der Waals surface area contributed by atoms with Gasteiger partial charge in [0.25, 0.3) is 0 Å². The van der Waals surface area contributed by atoms with Crippen molar-refractivity contribution in [1.29, 1.82) is 0 Å². The summed E-state index contributed by atoms with van der Waals surface area (Å²) in [4.78, 5) is 4.58. The summed E-state index contributed by atoms with van der Waals surface area (Å²) in [6.45, 7) is 8.46. The Kier molecular flexibility index (Phi) is 3.84. The van der Waals surface area contributed by atoms with Gasteiger partial charge in [0, 0.05) is 17.1 Å². The van der Waals surface area contributed by atoms with Crippen LogP contribution < -0.4 is 4.74 Å². The van der Waals surface area contributed by atoms with Gasteiger partial charge >= 0.3 is 0 Å². The largest absolute Gasteiger partial charge is 0.457 e. The van der Waals surface area contributed by atoms with E-state index in [1.807, 2.05) is 31.2 Å². The van der Waals surface area contributed by atoms with E-state index in [1.165, 1.54) is 11.1 Å². The van der Waals surface area contributed by atoms with Crippen LogP contribution in [0.3, 0.4) is 0 Å². The fourth-order valence-electron chi connectivity index (χ4n) is 2.57. The van der Waals surface area contributed by atoms with Gasteiger partial charge in [-0.2, -0.15) is 0 Å². The second-order valence-corrected chi connectivity index (χ2v) is 6.11. The number of aromatic nitrogens is 1. The Hall–Kier alpha value is -2.35. The van der Waals surface area contributed by atoms with E-state index in [-0.39, 0.29) is 0 Å². The van der Waals surface area contributed by atoms with Crippen LogP contribution in [0.15, 0.2) is 48.5 Å². The van der Waals surface area contributed by atoms with Gasteiger partial charge in [-0.05, 0) is 49.6 Å². The Balaban J connectivity index is 2.00. The topological polar surface area (TPSA) is 22.1 Å². The summed E-state index contributed by atoms with van der Waals surface area (Å²) in [5.74, 6) is 2.25. The number of nitrogens with zero attached hydrogens (tertiary/aromatic N) is 1. The molecule has 2 heteroatoms. The maximum absolute atomic E-state index is 6.12. The fourth-order valence-corrected chi connectivity index (χ4v) is 2.57. The van der Waals surface area contributed by atoms with Crippen molar-refractivity contribution in [2.24, 2.45) is 0 Å². The van der Waals surface area contributed by atoms with Crippen molar-refractivity contribution in [2.45, 2.75) is 33.6 Å². The summed E-state index contributed by atoms with van der Waals surface area (Å²) in [6.07, 6.45) is 0. The molecular formula is C20H21NO. The molecule has 112 valence electrons. The molecule has 0 spiro atoms. The zero-order valence-electron chi connectivity index (χ0n) is 13.6. The van der Waals surface area contributed by atoms with E-state index < -0.39 is 0 Å². The van der Waals surface area contributed by atoms with Crippen LogP contribution in [-0.4, -0.2) is 4.98 Å². The highest BCUT2D eigenvalue weighted by Gasteiger charge is 2.07. The van der Waals surface area contributed by atoms with Gasteiger partial charge < -0.3 is 4.74 Å². The van der Waals surface area contributed by atoms with Crippen molar-refractivity contribution >= 4 is 10.9 Å². The van der Waals surface area contributed by atoms with Crippen molar-refractivity contribution in [3.8, 4) is 11.5 Å². The van der Waals surface area contributed by atoms with Gasteiger partial charge in [0.2, 0.25) is 0 Å². The smallest absolute Gasteiger partial charge is 0.138 e. The lowest BCUT2D eigenvalue weighted by Gasteiger charge is -2.12. The second-order valence-electron chi connectivity index (χ2n) is 6.11. The highest BCUT2D eigenvalue weighted by Crippen LogP contribution is 2.31. The Bertz CT molecular complexity index is 804. The van der Waals surface area contributed by atoms with Crippen LogP contribution in [0.25, 0.3) is 10.9 Å². The first-order valence-electron chi connectivity index (χ1n) is 7.69. The average Bonchev–Trinajstić information content (AvgIpc) is 2.48. The molecule has 0 saturated carbocycles. The first-order chi connectivity index (χ1) is 10.5. The molecule has 0 saturated heterocycles. The predicted octanol–water partition coefficient (Wildman–Crippen LogP) is 5.77. The fraction of sp³-hybridized carbons (Fsp3) is 0.250. The lowest BCUT2D eigenvalue weighted by atomic mass is 10.0. The molecule has 0 radical (unpaired) electrons. The maximum Gasteiger partial charge on any atom is 0.138 e. The monoisotopic (exact) mass is 291 g/mol. The predicted molar refractivity (Wildman–Crippen MR) is 91.8 cm³/mol. The van der Waals surface area contributed by atoms with Crippen LogP contribution in [0.5, 0.6) is 11.5 Å². The van der Waals surface area contributed by atoms with Crippen LogP contribution in [0.1, 0.15) is 36.6 Å². The van der Waals surface area contributed by atoms with Gasteiger partial charge in [0.05, 0.1) is 5.52 Å². The van der Waals surface area contributed by atoms with Crippen LogP contribution in [0, 0.1) is 13.8 Å². The lowest BCUT2D eigenvalue weighted by molar-refractivity contribution is 0.487. The molecule has 0 fully saturated rings. The first-order valence-corrected chi connectivity index (χ1v) is 7.69. The maximum atomic E-state index is 6.12. The summed E-state index contributed by atoms with van der Waals surface area (Å²) in [5.41, 5.74) is 4.46. The van der Waals surface area contributed by atoms with E-state index >= 15 is 0 Å². The molecule has 0 amide bonds. The number of benzene rings is 2. The summed E-state index contributed by atoms with van der Waals surface area (Å²) >= 11 is 0. The zero-order valence-corrected chi connectivity index (χ0v) is 13.6. The number of rotatable bonds is 3. The molecule has 0 unspecified atom stereocenters. The molecule has 3 aromatic rings. The van der Waals surface area contributed by atoms with Gasteiger partial charge in [0.1, 0.15) is 11.5 Å². The zero-order chi connectivity index (χ0) is 15.7. The van der Waals surface area contributed by atoms with Crippen LogP contribution in [0.4, 0.5) is 0 Å². The van der Waals surface area contributed by atoms with Crippen LogP contribution in [0.2, 0.25) is 0 Å². The minimum Gasteiger partial charge on any atom is -0.457 e. The molecule has 2 aromatic carbocycles. The van der Waals surface area contributed by atoms with E-state index in [2.05, 4.69) is 50.0 Å². The Morgan fingerprint density at radius 1 is 0.909 bits per heavy atom. The third kappa shape index (κ3) is 2.96. The van der Waals surface area contributed by atoms with Crippen molar-refractivity contribution < 1.29 is 4.74 Å². The van der Waals surface area contributed by atoms with Gasteiger partial charge in [0.15, 0.2) is 0 Å². The third-order valence-corrected chi connectivity index (χ3v) is 3.83. The van der Waals surface area contributed by atoms with Gasteiger partial charge in [-0.25, -0.2) is 0 Å². The second kappa shape index (κ2) is 5.80. The molecular weight excluding hydrogens is 270 g/mol. The molecule has 0 aliphatic heterocycles. The van der Waals surface area contributed by atoms with Crippen molar-refractivity contribution in [1.82, 2.24) is 4.98 Å². The highest BCUT2D eigenvalue weighted by molar-refractivity contribution is 5.86. The van der Waals surface area contributed by atoms with Crippen LogP contribution >= 0.6 is 0 Å². The highest BCUT2D eigenvalue weighted by atomic mass is 16.5. The summed E-state index contributed by atoms with van der Waals surface area (Å²) in [6, 6.07) is 16.6. The number of fused-ring (bicyclic) bond motifs is 1. The van der Waals surface area contributed by atoms with Crippen molar-refractivity contribution in [3.63, 3.8) is 0 Å². The third-order valence-electron chi connectivity index (χ3n) is 3.83. The quantitative estimate of drug-likeness (QED) is 0.611. The molecule has 0 N–H and O–H groups in total. The van der Waals surface area contributed by atoms with E-state index in [9.17, 15) is 0 Å². The molecule has 0 atom stereocenters. The summed E-state index contributed by atoms with van der Waals surface area (Å²) < 4.78 is 6.12. The van der Waals surface area contributed by atoms with Crippen LogP contribution in [-0.2, 0) is 0 Å². The standard InChI is InChI=1S/C20H21NO/c1-13(2)16-6-8-17(9-7-16)22-20-12-15(4)21-19-10-5-14(3)11-18(19)20/h5-13H,1-4H3. The SMILES string of the molecule is Cc1ccc2nc(C)cc(Oc3ccc(C(C)C)cc3)c2c1. The number of hydrogen-bond donors (Lipinski definition) is 0. The number of aryl methyl sites for hydroxylation is 2. The minimum absolute atomic E-state index is 0.528. The van der Waals surface area contributed by atoms with Gasteiger partial charge in [-0.15, -0.1) is 0 Å². The Morgan fingerprint density at radius 3 is 2.32 bits per heavy atom. The molecule has 1 aromatic heterocycles. The average molecular weight is 291 g/mol. The molecule has 22 heavy (non-hydrogen) atoms. The molecule has 2 nitrogen and oxygen atoms in total. The van der Waals surface area contributed by atoms with E-state index in [0.717, 1.165) is 28.1 Å². The molecule has 0 aliphatic carbocycles. The summed E-state index contributed by atoms with van der Waals surface area (Å²) in [5, 5.41) is 1.05. The van der Waals surface area contributed by atoms with E-state index in [4.69, 9.17) is 4.74 Å². The first kappa shape index (κ1) is 14.6. The van der Waals surface area contributed by atoms with E-state index in [1.54, 1.807) is 0 Å².